The molecule has 3 heteroatoms. The molecule has 1 aromatic rings. The van der Waals surface area contributed by atoms with Crippen LogP contribution in [0, 0.1) is 13.8 Å². The molecule has 0 amide bonds. The topological polar surface area (TPSA) is 15.3 Å². The molecule has 2 rings (SSSR count). The maximum atomic E-state index is 3.67. The summed E-state index contributed by atoms with van der Waals surface area (Å²) in [6, 6.07) is 2.91. The molecular formula is C15H26N2S. The van der Waals surface area contributed by atoms with Crippen molar-refractivity contribution in [3.63, 3.8) is 0 Å². The van der Waals surface area contributed by atoms with Gasteiger partial charge in [0.1, 0.15) is 0 Å². The molecule has 1 aliphatic rings. The van der Waals surface area contributed by atoms with Crippen molar-refractivity contribution in [2.75, 3.05) is 19.6 Å². The minimum Gasteiger partial charge on any atom is -0.309 e. The molecular weight excluding hydrogens is 240 g/mol. The van der Waals surface area contributed by atoms with Gasteiger partial charge in [-0.2, -0.15) is 0 Å². The monoisotopic (exact) mass is 266 g/mol. The molecule has 0 bridgehead atoms. The number of piperidine rings is 1. The molecule has 102 valence electrons. The van der Waals surface area contributed by atoms with Gasteiger partial charge in [0.2, 0.25) is 0 Å². The molecule has 2 heterocycles. The van der Waals surface area contributed by atoms with E-state index in [0.29, 0.717) is 6.04 Å². The van der Waals surface area contributed by atoms with Crippen LogP contribution in [0.5, 0.6) is 0 Å². The summed E-state index contributed by atoms with van der Waals surface area (Å²) < 4.78 is 0. The van der Waals surface area contributed by atoms with Crippen molar-refractivity contribution >= 4 is 11.3 Å². The van der Waals surface area contributed by atoms with E-state index in [0.717, 1.165) is 6.54 Å². The van der Waals surface area contributed by atoms with Crippen molar-refractivity contribution < 1.29 is 0 Å². The van der Waals surface area contributed by atoms with E-state index in [2.05, 4.69) is 37.1 Å². The Morgan fingerprint density at radius 3 is 2.61 bits per heavy atom. The number of rotatable bonds is 5. The van der Waals surface area contributed by atoms with Gasteiger partial charge in [-0.1, -0.05) is 6.42 Å². The Bertz CT molecular complexity index is 367. The van der Waals surface area contributed by atoms with E-state index in [1.807, 2.05) is 11.3 Å². The highest BCUT2D eigenvalue weighted by Crippen LogP contribution is 2.20. The van der Waals surface area contributed by atoms with Gasteiger partial charge in [-0.25, -0.2) is 0 Å². The molecule has 1 fully saturated rings. The molecule has 0 aliphatic carbocycles. The summed E-state index contributed by atoms with van der Waals surface area (Å²) in [7, 11) is 0. The van der Waals surface area contributed by atoms with Crippen molar-refractivity contribution in [3.05, 3.63) is 21.4 Å². The number of thiophene rings is 1. The summed E-state index contributed by atoms with van der Waals surface area (Å²) in [5.74, 6) is 0. The van der Waals surface area contributed by atoms with Gasteiger partial charge in [0.25, 0.3) is 0 Å². The largest absolute Gasteiger partial charge is 0.309 e. The lowest BCUT2D eigenvalue weighted by atomic mass is 10.1. The molecule has 0 radical (unpaired) electrons. The Kier molecular flexibility index (Phi) is 5.22. The molecule has 0 saturated carbocycles. The van der Waals surface area contributed by atoms with Crippen LogP contribution in [0.3, 0.4) is 0 Å². The maximum absolute atomic E-state index is 3.67. The fraction of sp³-hybridized carbons (Fsp3) is 0.733. The van der Waals surface area contributed by atoms with Crippen LogP contribution in [0.25, 0.3) is 0 Å². The van der Waals surface area contributed by atoms with Gasteiger partial charge >= 0.3 is 0 Å². The van der Waals surface area contributed by atoms with Crippen LogP contribution in [0.2, 0.25) is 0 Å². The number of hydrogen-bond acceptors (Lipinski definition) is 3. The first-order chi connectivity index (χ1) is 8.65. The zero-order chi connectivity index (χ0) is 13.0. The Balaban J connectivity index is 1.74. The van der Waals surface area contributed by atoms with E-state index in [4.69, 9.17) is 0 Å². The van der Waals surface area contributed by atoms with E-state index >= 15 is 0 Å². The number of likely N-dealkylation sites (tertiary alicyclic amines) is 1. The Hall–Kier alpha value is -0.380. The van der Waals surface area contributed by atoms with Crippen molar-refractivity contribution in [1.82, 2.24) is 10.2 Å². The minimum absolute atomic E-state index is 0.586. The number of aryl methyl sites for hydroxylation is 2. The number of hydrogen-bond donors (Lipinski definition) is 1. The van der Waals surface area contributed by atoms with Crippen molar-refractivity contribution in [3.8, 4) is 0 Å². The normalized spacial score (nSPS) is 19.1. The summed E-state index contributed by atoms with van der Waals surface area (Å²) in [6.45, 7) is 11.5. The van der Waals surface area contributed by atoms with Crippen LogP contribution >= 0.6 is 11.3 Å². The van der Waals surface area contributed by atoms with Crippen LogP contribution in [-0.4, -0.2) is 30.6 Å². The SMILES string of the molecule is Cc1cc(CNC(C)CN2CCCCC2)c(C)s1. The molecule has 1 aliphatic heterocycles. The van der Waals surface area contributed by atoms with Gasteiger partial charge < -0.3 is 10.2 Å². The quantitative estimate of drug-likeness (QED) is 0.879. The van der Waals surface area contributed by atoms with Crippen molar-refractivity contribution in [2.24, 2.45) is 0 Å². The first-order valence-electron chi connectivity index (χ1n) is 7.17. The van der Waals surface area contributed by atoms with Crippen molar-refractivity contribution in [1.29, 1.82) is 0 Å². The Labute approximate surface area is 115 Å². The zero-order valence-electron chi connectivity index (χ0n) is 12.0. The first kappa shape index (κ1) is 14.0. The van der Waals surface area contributed by atoms with Crippen LogP contribution in [0.4, 0.5) is 0 Å². The van der Waals surface area contributed by atoms with E-state index < -0.39 is 0 Å². The van der Waals surface area contributed by atoms with Crippen LogP contribution in [0.15, 0.2) is 6.07 Å². The summed E-state index contributed by atoms with van der Waals surface area (Å²) in [6.07, 6.45) is 4.19. The minimum atomic E-state index is 0.586. The molecule has 0 spiro atoms. The van der Waals surface area contributed by atoms with Crippen LogP contribution in [0.1, 0.15) is 41.5 Å². The molecule has 1 N–H and O–H groups in total. The summed E-state index contributed by atoms with van der Waals surface area (Å²) in [5.41, 5.74) is 1.47. The second-order valence-electron chi connectivity index (χ2n) is 5.58. The Morgan fingerprint density at radius 2 is 2.00 bits per heavy atom. The molecule has 1 saturated heterocycles. The lowest BCUT2D eigenvalue weighted by Crippen LogP contribution is -2.41. The van der Waals surface area contributed by atoms with Crippen molar-refractivity contribution in [2.45, 2.75) is 52.6 Å². The lowest BCUT2D eigenvalue weighted by Gasteiger charge is -2.29. The third-order valence-corrected chi connectivity index (χ3v) is 4.77. The second-order valence-corrected chi connectivity index (χ2v) is 7.04. The van der Waals surface area contributed by atoms with Crippen LogP contribution < -0.4 is 5.32 Å². The third kappa shape index (κ3) is 4.08. The van der Waals surface area contributed by atoms with Gasteiger partial charge in [-0.3, -0.25) is 0 Å². The highest BCUT2D eigenvalue weighted by atomic mass is 32.1. The third-order valence-electron chi connectivity index (χ3n) is 3.77. The lowest BCUT2D eigenvalue weighted by molar-refractivity contribution is 0.209. The van der Waals surface area contributed by atoms with Gasteiger partial charge in [-0.15, -0.1) is 11.3 Å². The summed E-state index contributed by atoms with van der Waals surface area (Å²) >= 11 is 1.91. The maximum Gasteiger partial charge on any atom is 0.0219 e. The molecule has 1 atom stereocenters. The van der Waals surface area contributed by atoms with E-state index in [1.165, 1.54) is 54.2 Å². The Morgan fingerprint density at radius 1 is 1.28 bits per heavy atom. The molecule has 18 heavy (non-hydrogen) atoms. The van der Waals surface area contributed by atoms with Crippen LogP contribution in [-0.2, 0) is 6.54 Å². The van der Waals surface area contributed by atoms with E-state index in [9.17, 15) is 0 Å². The average molecular weight is 266 g/mol. The predicted molar refractivity (Wildman–Crippen MR) is 80.4 cm³/mol. The predicted octanol–water partition coefficient (Wildman–Crippen LogP) is 3.33. The summed E-state index contributed by atoms with van der Waals surface area (Å²) in [4.78, 5) is 5.49. The standard InChI is InChI=1S/C15H26N2S/c1-12(11-17-7-5-4-6-8-17)16-10-15-9-13(2)18-14(15)3/h9,12,16H,4-8,10-11H2,1-3H3. The highest BCUT2D eigenvalue weighted by Gasteiger charge is 2.13. The smallest absolute Gasteiger partial charge is 0.0219 e. The van der Waals surface area contributed by atoms with Gasteiger partial charge in [0.05, 0.1) is 0 Å². The van der Waals surface area contributed by atoms with Gasteiger partial charge in [-0.05, 0) is 58.3 Å². The highest BCUT2D eigenvalue weighted by molar-refractivity contribution is 7.12. The fourth-order valence-electron chi connectivity index (χ4n) is 2.74. The molecule has 0 aromatic carbocycles. The number of nitrogens with zero attached hydrogens (tertiary/aromatic N) is 1. The molecule has 2 nitrogen and oxygen atoms in total. The zero-order valence-corrected chi connectivity index (χ0v) is 12.8. The van der Waals surface area contributed by atoms with E-state index in [1.54, 1.807) is 0 Å². The summed E-state index contributed by atoms with van der Waals surface area (Å²) in [5, 5.41) is 3.67. The van der Waals surface area contributed by atoms with Gasteiger partial charge in [0, 0.05) is 28.9 Å². The van der Waals surface area contributed by atoms with Gasteiger partial charge in [0.15, 0.2) is 0 Å². The fourth-order valence-corrected chi connectivity index (χ4v) is 3.68. The second kappa shape index (κ2) is 6.69. The number of nitrogens with one attached hydrogen (secondary N) is 1. The molecule has 1 aromatic heterocycles. The average Bonchev–Trinajstić information content (AvgIpc) is 2.66. The van der Waals surface area contributed by atoms with E-state index in [-0.39, 0.29) is 0 Å². The first-order valence-corrected chi connectivity index (χ1v) is 7.98. The molecule has 1 unspecified atom stereocenters.